The molecule has 0 saturated heterocycles. The molecule has 0 atom stereocenters. The molecule has 0 aliphatic carbocycles. The Morgan fingerprint density at radius 2 is 2.07 bits per heavy atom. The second kappa shape index (κ2) is 6.86. The van der Waals surface area contributed by atoms with Gasteiger partial charge in [-0.15, -0.1) is 4.76 Å². The molecular weight excluding hydrogens is 338 g/mol. The first-order valence-corrected chi connectivity index (χ1v) is 4.63. The van der Waals surface area contributed by atoms with Crippen LogP contribution in [-0.2, 0) is 9.36 Å². The zero-order valence-corrected chi connectivity index (χ0v) is 12.8. The van der Waals surface area contributed by atoms with Gasteiger partial charge in [0.15, 0.2) is 0 Å². The minimum absolute atomic E-state index is 0. The van der Waals surface area contributed by atoms with Crippen LogP contribution in [0.5, 0.6) is 0 Å². The van der Waals surface area contributed by atoms with Gasteiger partial charge in [-0.05, 0) is 0 Å². The van der Waals surface area contributed by atoms with Gasteiger partial charge in [0.2, 0.25) is 5.96 Å². The molecule has 10 heteroatoms. The summed E-state index contributed by atoms with van der Waals surface area (Å²) >= 11 is 0. The number of aliphatic carboxylic acids is 1. The van der Waals surface area contributed by atoms with Crippen molar-refractivity contribution in [1.82, 2.24) is 4.90 Å². The molecule has 0 rings (SSSR count). The van der Waals surface area contributed by atoms with Gasteiger partial charge in [-0.25, -0.2) is 4.57 Å². The quantitative estimate of drug-likeness (QED) is 0.205. The van der Waals surface area contributed by atoms with Gasteiger partial charge >= 0.3 is 62.6 Å². The van der Waals surface area contributed by atoms with E-state index in [2.05, 4.69) is 4.76 Å². The van der Waals surface area contributed by atoms with Crippen LogP contribution in [0.4, 0.5) is 0 Å². The molecule has 0 saturated carbocycles. The Morgan fingerprint density at radius 1 is 1.64 bits per heavy atom. The summed E-state index contributed by atoms with van der Waals surface area (Å²) in [5.41, 5.74) is 5.07. The number of hydrogen-bond donors (Lipinski definition) is 4. The second-order valence-electron chi connectivity index (χ2n) is 2.22. The molecule has 0 aliphatic heterocycles. The van der Waals surface area contributed by atoms with E-state index in [4.69, 9.17) is 20.6 Å². The van der Waals surface area contributed by atoms with Gasteiger partial charge in [-0.3, -0.25) is 4.79 Å². The maximum atomic E-state index is 10.3. The number of carboxylic acids is 1. The van der Waals surface area contributed by atoms with Gasteiger partial charge < -0.3 is 28.4 Å². The van der Waals surface area contributed by atoms with Gasteiger partial charge in [0, 0.05) is 7.05 Å². The summed E-state index contributed by atoms with van der Waals surface area (Å²) in [5, 5.41) is 8.28. The number of guanidine groups is 1. The maximum absolute atomic E-state index is 10.3. The fourth-order valence-electron chi connectivity index (χ4n) is 0.494. The SMILES string of the molecule is CN(CC(=O)O)C(N)=NP(=O)(O)O.[Ba+2].[H-].[H-]. The van der Waals surface area contributed by atoms with Crippen LogP contribution in [0, 0.1) is 0 Å². The van der Waals surface area contributed by atoms with Crippen molar-refractivity contribution in [3.63, 3.8) is 0 Å². The average molecular weight is 350 g/mol. The Bertz CT molecular complexity index is 285. The van der Waals surface area contributed by atoms with E-state index >= 15 is 0 Å². The Kier molecular flexibility index (Phi) is 8.26. The van der Waals surface area contributed by atoms with Crippen molar-refractivity contribution in [2.45, 2.75) is 0 Å². The van der Waals surface area contributed by atoms with E-state index in [9.17, 15) is 9.36 Å². The third kappa shape index (κ3) is 9.03. The zero-order valence-electron chi connectivity index (χ0n) is 9.49. The average Bonchev–Trinajstić information content (AvgIpc) is 1.81. The Balaban J connectivity index is -0.000000240. The van der Waals surface area contributed by atoms with Crippen molar-refractivity contribution in [1.29, 1.82) is 0 Å². The minimum atomic E-state index is -4.59. The number of carbonyl (C=O) groups is 1. The molecule has 0 aliphatic rings. The number of nitrogens with two attached hydrogens (primary N) is 1. The third-order valence-electron chi connectivity index (χ3n) is 0.996. The van der Waals surface area contributed by atoms with Crippen molar-refractivity contribution in [2.24, 2.45) is 10.5 Å². The molecule has 0 bridgehead atoms. The smallest absolute Gasteiger partial charge is 1.00 e. The van der Waals surface area contributed by atoms with Crippen molar-refractivity contribution in [2.75, 3.05) is 13.6 Å². The molecule has 0 amide bonds. The topological polar surface area (TPSA) is 136 Å². The molecule has 14 heavy (non-hydrogen) atoms. The Morgan fingerprint density at radius 3 is 2.36 bits per heavy atom. The number of likely N-dealkylation sites (N-methyl/N-ethyl adjacent to an activating group) is 1. The Hall–Kier alpha value is 0.461. The van der Waals surface area contributed by atoms with Crippen LogP contribution in [0.3, 0.4) is 0 Å². The largest absolute Gasteiger partial charge is 2.00 e. The molecule has 80 valence electrons. The zero-order chi connectivity index (χ0) is 10.6. The third-order valence-corrected chi connectivity index (χ3v) is 1.46. The predicted molar refractivity (Wildman–Crippen MR) is 51.9 cm³/mol. The van der Waals surface area contributed by atoms with Gasteiger partial charge in [-0.2, -0.15) is 0 Å². The van der Waals surface area contributed by atoms with Crippen LogP contribution in [0.15, 0.2) is 4.76 Å². The number of carboxylic acid groups (broad SMARTS) is 1. The molecule has 0 aromatic carbocycles. The molecular formula is C4H12BaN3O5P. The van der Waals surface area contributed by atoms with E-state index < -0.39 is 26.2 Å². The summed E-state index contributed by atoms with van der Waals surface area (Å²) in [5.74, 6) is -1.69. The monoisotopic (exact) mass is 351 g/mol. The Labute approximate surface area is 123 Å². The van der Waals surface area contributed by atoms with E-state index in [1.807, 2.05) is 0 Å². The summed E-state index contributed by atoms with van der Waals surface area (Å²) < 4.78 is 13.1. The first-order valence-electron chi connectivity index (χ1n) is 3.06. The van der Waals surface area contributed by atoms with Gasteiger partial charge in [-0.1, -0.05) is 0 Å². The number of nitrogens with zero attached hydrogens (tertiary/aromatic N) is 2. The van der Waals surface area contributed by atoms with Gasteiger partial charge in [0.25, 0.3) is 0 Å². The summed E-state index contributed by atoms with van der Waals surface area (Å²) in [4.78, 5) is 27.7. The molecule has 8 nitrogen and oxygen atoms in total. The standard InChI is InChI=1S/C4H10N3O5P.Ba.2H/c1-7(2-3(8)9)4(5)6-13(10,11)12;;;/h2H2,1H3,(H,8,9)(H4,5,6,10,11,12);;;/q;+2;2*-1. The van der Waals surface area contributed by atoms with E-state index in [1.54, 1.807) is 0 Å². The van der Waals surface area contributed by atoms with E-state index in [-0.39, 0.29) is 51.7 Å². The fraction of sp³-hybridized carbons (Fsp3) is 0.500. The van der Waals surface area contributed by atoms with Gasteiger partial charge in [0.1, 0.15) is 6.54 Å². The summed E-state index contributed by atoms with van der Waals surface area (Å²) in [6.45, 7) is -0.477. The molecule has 0 unspecified atom stereocenters. The van der Waals surface area contributed by atoms with Crippen molar-refractivity contribution in [3.05, 3.63) is 0 Å². The number of rotatable bonds is 3. The predicted octanol–water partition coefficient (Wildman–Crippen LogP) is -1.75. The first-order chi connectivity index (χ1) is 5.72. The molecule has 0 aromatic rings. The van der Waals surface area contributed by atoms with Crippen LogP contribution in [-0.4, -0.2) is 94.2 Å². The summed E-state index contributed by atoms with van der Waals surface area (Å²) in [6, 6.07) is 0. The van der Waals surface area contributed by atoms with Crippen molar-refractivity contribution in [3.8, 4) is 0 Å². The second-order valence-corrected chi connectivity index (χ2v) is 3.45. The normalized spacial score (nSPS) is 11.8. The fourth-order valence-corrected chi connectivity index (χ4v) is 0.913. The molecule has 0 spiro atoms. The first kappa shape index (κ1) is 16.9. The van der Waals surface area contributed by atoms with Gasteiger partial charge in [0.05, 0.1) is 0 Å². The van der Waals surface area contributed by atoms with Crippen LogP contribution in [0.2, 0.25) is 0 Å². The van der Waals surface area contributed by atoms with E-state index in [1.165, 1.54) is 7.05 Å². The van der Waals surface area contributed by atoms with E-state index in [0.29, 0.717) is 0 Å². The maximum Gasteiger partial charge on any atom is 2.00 e. The summed E-state index contributed by atoms with van der Waals surface area (Å²) in [6.07, 6.45) is 0. The van der Waals surface area contributed by atoms with Crippen LogP contribution in [0.25, 0.3) is 0 Å². The minimum Gasteiger partial charge on any atom is -1.00 e. The molecule has 0 fully saturated rings. The molecule has 0 aromatic heterocycles. The summed E-state index contributed by atoms with van der Waals surface area (Å²) in [7, 11) is -3.34. The van der Waals surface area contributed by atoms with Crippen LogP contribution >= 0.6 is 7.75 Å². The van der Waals surface area contributed by atoms with Crippen molar-refractivity contribution >= 4 is 68.6 Å². The van der Waals surface area contributed by atoms with Crippen molar-refractivity contribution < 1.29 is 27.1 Å². The number of hydrogen-bond acceptors (Lipinski definition) is 2. The molecule has 0 heterocycles. The molecule has 0 radical (unpaired) electrons. The van der Waals surface area contributed by atoms with E-state index in [0.717, 1.165) is 4.90 Å². The molecule has 5 N–H and O–H groups in total. The van der Waals surface area contributed by atoms with Crippen LogP contribution in [0.1, 0.15) is 2.85 Å². The van der Waals surface area contributed by atoms with Crippen LogP contribution < -0.4 is 5.73 Å².